The van der Waals surface area contributed by atoms with Gasteiger partial charge in [0.25, 0.3) is 0 Å². The number of anilines is 5. The fraction of sp³-hybridized carbons (Fsp3) is 0.585. The molecule has 0 radical (unpaired) electrons. The Hall–Kier alpha value is -6.87. The summed E-state index contributed by atoms with van der Waals surface area (Å²) >= 11 is 5.74. The van der Waals surface area contributed by atoms with Gasteiger partial charge in [-0.15, -0.1) is 0 Å². The molecule has 6 fully saturated rings. The van der Waals surface area contributed by atoms with E-state index in [0.29, 0.717) is 72.8 Å². The zero-order valence-corrected chi connectivity index (χ0v) is 46.1. The molecule has 432 valence electrons. The number of nitrogen functional groups attached to an aromatic ring is 1. The highest BCUT2D eigenvalue weighted by molar-refractivity contribution is 6.28. The van der Waals surface area contributed by atoms with Crippen molar-refractivity contribution in [3.05, 3.63) is 86.7 Å². The Kier molecular flexibility index (Phi) is 17.7. The van der Waals surface area contributed by atoms with Gasteiger partial charge in [-0.2, -0.15) is 28.7 Å². The third-order valence-electron chi connectivity index (χ3n) is 15.5. The third kappa shape index (κ3) is 13.1. The molecule has 6 saturated heterocycles. The lowest BCUT2D eigenvalue weighted by Crippen LogP contribution is -2.55. The number of nitrogens with two attached hydrogens (primary N) is 1. The Balaban J connectivity index is 0.000000159. The highest BCUT2D eigenvalue weighted by Gasteiger charge is 2.44. The lowest BCUT2D eigenvalue weighted by Gasteiger charge is -2.47. The first kappa shape index (κ1) is 57.8. The largest absolute Gasteiger partial charge is 0.486 e. The summed E-state index contributed by atoms with van der Waals surface area (Å²) in [4.78, 5) is 46.0. The van der Waals surface area contributed by atoms with Crippen molar-refractivity contribution < 1.29 is 27.7 Å². The first-order valence-corrected chi connectivity index (χ1v) is 27.3. The van der Waals surface area contributed by atoms with Gasteiger partial charge in [0.05, 0.1) is 38.8 Å². The van der Waals surface area contributed by atoms with Crippen molar-refractivity contribution in [1.82, 2.24) is 69.3 Å². The number of nitrogens with one attached hydrogen (secondary N) is 3. The van der Waals surface area contributed by atoms with Gasteiger partial charge >= 0.3 is 11.4 Å². The number of ether oxygens (including phenoxy) is 4. The molecule has 4 aromatic heterocycles. The zero-order chi connectivity index (χ0) is 55.6. The van der Waals surface area contributed by atoms with Crippen LogP contribution >= 0.6 is 11.6 Å². The molecule has 2 aromatic carbocycles. The highest BCUT2D eigenvalue weighted by Crippen LogP contribution is 2.40. The maximum Gasteiger partial charge on any atom is 0.368 e. The van der Waals surface area contributed by atoms with Gasteiger partial charge in [0.1, 0.15) is 35.1 Å². The van der Waals surface area contributed by atoms with Crippen molar-refractivity contribution in [2.45, 2.75) is 147 Å². The van der Waals surface area contributed by atoms with E-state index in [1.165, 1.54) is 61.9 Å². The average molecular weight is 1130 g/mol. The van der Waals surface area contributed by atoms with E-state index >= 15 is 0 Å². The van der Waals surface area contributed by atoms with Crippen LogP contribution in [0.5, 0.6) is 11.5 Å². The molecule has 0 unspecified atom stereocenters. The molecule has 12 rings (SSSR count). The van der Waals surface area contributed by atoms with Crippen molar-refractivity contribution in [2.75, 3.05) is 61.2 Å². The van der Waals surface area contributed by atoms with E-state index in [1.807, 2.05) is 0 Å². The number of halogens is 3. The van der Waals surface area contributed by atoms with E-state index < -0.39 is 17.3 Å². The van der Waals surface area contributed by atoms with Crippen LogP contribution in [0.25, 0.3) is 11.4 Å². The third-order valence-corrected chi connectivity index (χ3v) is 15.7. The van der Waals surface area contributed by atoms with Crippen molar-refractivity contribution in [1.29, 1.82) is 0 Å². The highest BCUT2D eigenvalue weighted by atomic mass is 35.5. The minimum atomic E-state index is -0.499. The number of fused-ring (bicyclic) bond motifs is 2. The second-order valence-electron chi connectivity index (χ2n) is 22.2. The molecule has 5 N–H and O–H groups in total. The molecule has 10 heterocycles. The number of piperidine rings is 2. The summed E-state index contributed by atoms with van der Waals surface area (Å²) in [5, 5.41) is 25.1. The first-order chi connectivity index (χ1) is 37.9. The summed E-state index contributed by atoms with van der Waals surface area (Å²) in [7, 11) is 3.06. The predicted molar refractivity (Wildman–Crippen MR) is 297 cm³/mol. The molecule has 6 atom stereocenters. The number of tetrazole rings is 2. The van der Waals surface area contributed by atoms with Crippen LogP contribution in [0.15, 0.2) is 58.4 Å². The Bertz CT molecular complexity index is 3220. The monoisotopic (exact) mass is 1130 g/mol. The van der Waals surface area contributed by atoms with Crippen LogP contribution < -0.4 is 42.5 Å². The van der Waals surface area contributed by atoms with Crippen LogP contribution in [-0.2, 0) is 23.6 Å². The molecule has 0 spiro atoms. The second-order valence-corrected chi connectivity index (χ2v) is 22.6. The van der Waals surface area contributed by atoms with Gasteiger partial charge in [0.15, 0.2) is 23.3 Å². The van der Waals surface area contributed by atoms with E-state index in [2.05, 4.69) is 94.2 Å². The Morgan fingerprint density at radius 2 is 1.19 bits per heavy atom. The quantitative estimate of drug-likeness (QED) is 0.0801. The fourth-order valence-corrected chi connectivity index (χ4v) is 12.0. The summed E-state index contributed by atoms with van der Waals surface area (Å²) in [6, 6.07) is 11.8. The molecule has 24 nitrogen and oxygen atoms in total. The lowest BCUT2D eigenvalue weighted by molar-refractivity contribution is 0.0498. The Morgan fingerprint density at radius 3 is 1.69 bits per heavy atom. The molecular formula is C53H73ClF2N18O6. The van der Waals surface area contributed by atoms with Gasteiger partial charge in [-0.05, 0) is 161 Å². The van der Waals surface area contributed by atoms with Gasteiger partial charge in [0.2, 0.25) is 11.2 Å². The van der Waals surface area contributed by atoms with Gasteiger partial charge in [0, 0.05) is 73.6 Å². The van der Waals surface area contributed by atoms with Crippen LogP contribution in [0.1, 0.15) is 99.3 Å². The summed E-state index contributed by atoms with van der Waals surface area (Å²) in [5.41, 5.74) is 7.19. The minimum Gasteiger partial charge on any atom is -0.486 e. The molecule has 0 aliphatic carbocycles. The SMILES string of the molecule is C.CC1(C)C[C@H](Nc2nc(Cl)ncc2F)C[C@@H]2CCCN21.Cn1nnn(-c2cc(N)ccc2O[C@H]2CCOC2)c1=O.Cn1nnn(-c2cc(Nc3ncc(F)c(N[C@@H]4C[C@@H]5CCCN5C(C)(C)C4)n3)ccc2O[C@H]2CCOC2)c1=O. The van der Waals surface area contributed by atoms with Crippen LogP contribution in [-0.4, -0.2) is 156 Å². The molecule has 0 saturated carbocycles. The molecule has 6 aromatic rings. The standard InChI is InChI=1S/C26H34FN9O3.C14H20ClFN4.C12H15N5O3.CH4/c1-26(2)13-17(11-18-5-4-9-35(18)26)29-23-20(27)14-28-24(31-23)30-16-6-7-22(39-19-8-10-38-15-19)21(12-16)36-25(37)34(3)32-33-36;1-14(2)7-9(6-10-4-3-5-20(10)14)18-12-11(16)8-17-13(15)19-12;1-16-12(18)17(15-14-16)10-6-8(13)2-3-11(10)20-9-4-5-19-7-9;/h6-7,12,14,17-19H,4-5,8-11,13,15H2,1-3H3,(H2,28,29,30,31);8-10H,3-7H2,1-2H3,(H,17,18,19);2-3,6,9H,4-5,7,13H2,1H3;1H4/t17-,18+,19+;9-,10+;9-;/m110./s1. The molecule has 27 heteroatoms. The predicted octanol–water partition coefficient (Wildman–Crippen LogP) is 6.06. The lowest BCUT2D eigenvalue weighted by atomic mass is 9.84. The first-order valence-electron chi connectivity index (χ1n) is 26.9. The minimum absolute atomic E-state index is 0. The maximum absolute atomic E-state index is 14.8. The summed E-state index contributed by atoms with van der Waals surface area (Å²) in [6.07, 6.45) is 12.5. The second kappa shape index (κ2) is 24.5. The van der Waals surface area contributed by atoms with Crippen molar-refractivity contribution in [2.24, 2.45) is 14.1 Å². The number of hydrogen-bond acceptors (Lipinski definition) is 20. The molecule has 6 aliphatic rings. The van der Waals surface area contributed by atoms with E-state index in [4.69, 9.17) is 36.3 Å². The fourth-order valence-electron chi connectivity index (χ4n) is 11.9. The molecule has 0 amide bonds. The van der Waals surface area contributed by atoms with E-state index in [1.54, 1.807) is 36.4 Å². The molecule has 80 heavy (non-hydrogen) atoms. The molecule has 6 aliphatic heterocycles. The summed E-state index contributed by atoms with van der Waals surface area (Å²) in [6.45, 7) is 13.7. The van der Waals surface area contributed by atoms with Crippen LogP contribution in [0.2, 0.25) is 5.28 Å². The van der Waals surface area contributed by atoms with E-state index in [-0.39, 0.29) is 71.4 Å². The Morgan fingerprint density at radius 1 is 0.688 bits per heavy atom. The van der Waals surface area contributed by atoms with Crippen molar-refractivity contribution in [3.8, 4) is 22.9 Å². The normalized spacial score (nSPS) is 23.8. The molecular weight excluding hydrogens is 1060 g/mol. The maximum atomic E-state index is 14.8. The number of benzene rings is 2. The van der Waals surface area contributed by atoms with E-state index in [0.717, 1.165) is 60.6 Å². The Labute approximate surface area is 467 Å². The van der Waals surface area contributed by atoms with Gasteiger partial charge in [-0.25, -0.2) is 28.3 Å². The smallest absolute Gasteiger partial charge is 0.368 e. The number of hydrogen-bond donors (Lipinski definition) is 4. The number of nitrogens with zero attached hydrogens (tertiary/aromatic N) is 14. The number of rotatable bonds is 12. The topological polar surface area (TPSA) is 262 Å². The molecule has 0 bridgehead atoms. The van der Waals surface area contributed by atoms with Gasteiger partial charge in [-0.1, -0.05) is 7.43 Å². The van der Waals surface area contributed by atoms with Crippen LogP contribution in [0.3, 0.4) is 0 Å². The van der Waals surface area contributed by atoms with Crippen LogP contribution in [0.4, 0.5) is 37.7 Å². The number of aromatic nitrogens is 12. The van der Waals surface area contributed by atoms with Crippen molar-refractivity contribution in [3.63, 3.8) is 0 Å². The van der Waals surface area contributed by atoms with E-state index in [9.17, 15) is 18.4 Å². The number of aryl methyl sites for hydroxylation is 2. The zero-order valence-electron chi connectivity index (χ0n) is 45.3. The van der Waals surface area contributed by atoms with Gasteiger partial charge < -0.3 is 40.6 Å². The van der Waals surface area contributed by atoms with Crippen molar-refractivity contribution >= 4 is 40.6 Å². The average Bonchev–Trinajstić information content (AvgIpc) is 4.32. The summed E-state index contributed by atoms with van der Waals surface area (Å²) < 4.78 is 55.8. The van der Waals surface area contributed by atoms with Gasteiger partial charge in [-0.3, -0.25) is 9.80 Å². The summed E-state index contributed by atoms with van der Waals surface area (Å²) in [5.74, 6) is 0.692. The van der Waals surface area contributed by atoms with Crippen LogP contribution in [0, 0.1) is 11.6 Å².